The first-order valence-corrected chi connectivity index (χ1v) is 11.6. The van der Waals surface area contributed by atoms with Crippen molar-refractivity contribution in [1.82, 2.24) is 14.5 Å². The summed E-state index contributed by atoms with van der Waals surface area (Å²) < 4.78 is 7.67. The van der Waals surface area contributed by atoms with E-state index in [-0.39, 0.29) is 11.7 Å². The molecule has 2 atom stereocenters. The van der Waals surface area contributed by atoms with Gasteiger partial charge < -0.3 is 20.1 Å². The number of hydrogen-bond donors (Lipinski definition) is 2. The minimum Gasteiger partial charge on any atom is -0.493 e. The predicted octanol–water partition coefficient (Wildman–Crippen LogP) is 4.09. The molecule has 0 bridgehead atoms. The number of aliphatic hydroxyl groups is 1. The molecule has 0 aliphatic rings. The topological polar surface area (TPSA) is 103 Å². The molecule has 0 saturated heterocycles. The highest BCUT2D eigenvalue weighted by Gasteiger charge is 2.19. The summed E-state index contributed by atoms with van der Waals surface area (Å²) in [4.78, 5) is 20.1. The number of hydrogen-bond acceptors (Lipinski definition) is 6. The fourth-order valence-corrected chi connectivity index (χ4v) is 4.46. The molecule has 2 aromatic heterocycles. The maximum absolute atomic E-state index is 11.3. The van der Waals surface area contributed by atoms with Gasteiger partial charge in [-0.15, -0.1) is 11.3 Å². The molecule has 2 heterocycles. The van der Waals surface area contributed by atoms with Gasteiger partial charge in [0.1, 0.15) is 11.4 Å². The highest BCUT2D eigenvalue weighted by molar-refractivity contribution is 7.10. The molecule has 0 fully saturated rings. The largest absolute Gasteiger partial charge is 0.493 e. The third kappa shape index (κ3) is 5.85. The first-order chi connectivity index (χ1) is 16.0. The van der Waals surface area contributed by atoms with Crippen molar-refractivity contribution in [3.63, 3.8) is 0 Å². The predicted molar refractivity (Wildman–Crippen MR) is 128 cm³/mol. The summed E-state index contributed by atoms with van der Waals surface area (Å²) in [6.07, 6.45) is 3.76. The molecule has 170 valence electrons. The number of aromatic nitrogens is 3. The molecule has 7 nitrogen and oxygen atoms in total. The Morgan fingerprint density at radius 1 is 1.21 bits per heavy atom. The Labute approximate surface area is 196 Å². The van der Waals surface area contributed by atoms with Crippen LogP contribution in [0.4, 0.5) is 0 Å². The lowest BCUT2D eigenvalue weighted by molar-refractivity contribution is 0.0993. The van der Waals surface area contributed by atoms with Crippen LogP contribution in [0.25, 0.3) is 11.3 Å². The first-order valence-electron chi connectivity index (χ1n) is 10.7. The van der Waals surface area contributed by atoms with Crippen LogP contribution in [-0.2, 0) is 6.42 Å². The summed E-state index contributed by atoms with van der Waals surface area (Å²) in [6, 6.07) is 17.9. The van der Waals surface area contributed by atoms with Crippen LogP contribution < -0.4 is 10.5 Å². The van der Waals surface area contributed by atoms with Crippen LogP contribution in [0.5, 0.6) is 5.75 Å². The van der Waals surface area contributed by atoms with Crippen LogP contribution in [0.1, 0.15) is 40.4 Å². The SMILES string of the molecule is C[C@H](O)[C@@H](CCOc1cccc(-c2csc(Cc3ccccc3)n2)c1)n1cnc(C(N)=O)c1. The molecule has 33 heavy (non-hydrogen) atoms. The minimum atomic E-state index is -0.645. The Balaban J connectivity index is 1.38. The summed E-state index contributed by atoms with van der Waals surface area (Å²) in [5, 5.41) is 13.3. The number of benzene rings is 2. The van der Waals surface area contributed by atoms with E-state index in [0.717, 1.165) is 28.4 Å². The molecule has 0 spiro atoms. The molecule has 0 unspecified atom stereocenters. The minimum absolute atomic E-state index is 0.171. The molecule has 0 saturated carbocycles. The summed E-state index contributed by atoms with van der Waals surface area (Å²) in [7, 11) is 0. The van der Waals surface area contributed by atoms with Gasteiger partial charge in [0.05, 0.1) is 35.8 Å². The van der Waals surface area contributed by atoms with Crippen molar-refractivity contribution < 1.29 is 14.6 Å². The van der Waals surface area contributed by atoms with Gasteiger partial charge in [-0.05, 0) is 24.6 Å². The van der Waals surface area contributed by atoms with Crippen molar-refractivity contribution in [3.05, 3.63) is 88.8 Å². The number of aliphatic hydroxyl groups excluding tert-OH is 1. The Bertz CT molecular complexity index is 1200. The molecule has 4 rings (SSSR count). The average Bonchev–Trinajstić information content (AvgIpc) is 3.48. The maximum atomic E-state index is 11.3. The second-order valence-electron chi connectivity index (χ2n) is 7.83. The zero-order valence-corrected chi connectivity index (χ0v) is 19.1. The summed E-state index contributed by atoms with van der Waals surface area (Å²) >= 11 is 1.65. The highest BCUT2D eigenvalue weighted by atomic mass is 32.1. The van der Waals surface area contributed by atoms with Crippen molar-refractivity contribution in [2.45, 2.75) is 31.9 Å². The van der Waals surface area contributed by atoms with E-state index in [1.807, 2.05) is 42.5 Å². The van der Waals surface area contributed by atoms with Gasteiger partial charge in [-0.1, -0.05) is 42.5 Å². The van der Waals surface area contributed by atoms with E-state index in [1.165, 1.54) is 11.9 Å². The highest BCUT2D eigenvalue weighted by Crippen LogP contribution is 2.27. The Morgan fingerprint density at radius 3 is 2.76 bits per heavy atom. The molecule has 0 radical (unpaired) electrons. The summed E-state index contributed by atoms with van der Waals surface area (Å²) in [5.41, 5.74) is 8.61. The summed E-state index contributed by atoms with van der Waals surface area (Å²) in [6.45, 7) is 2.09. The van der Waals surface area contributed by atoms with Crippen LogP contribution in [-0.4, -0.2) is 38.3 Å². The lowest BCUT2D eigenvalue weighted by Gasteiger charge is -2.21. The second-order valence-corrected chi connectivity index (χ2v) is 8.77. The molecule has 1 amide bonds. The number of imidazole rings is 1. The van der Waals surface area contributed by atoms with Crippen molar-refractivity contribution in [3.8, 4) is 17.0 Å². The number of thiazole rings is 1. The third-order valence-electron chi connectivity index (χ3n) is 5.36. The van der Waals surface area contributed by atoms with Gasteiger partial charge in [0.2, 0.25) is 0 Å². The third-order valence-corrected chi connectivity index (χ3v) is 6.20. The van der Waals surface area contributed by atoms with E-state index in [0.29, 0.717) is 13.0 Å². The summed E-state index contributed by atoms with van der Waals surface area (Å²) in [5.74, 6) is 0.137. The number of rotatable bonds is 10. The standard InChI is InChI=1S/C25H26N4O3S/c1-17(30)23(29-14-21(25(26)31)27-16-29)10-11-32-20-9-5-8-19(13-20)22-15-33-24(28-22)12-18-6-3-2-4-7-18/h2-9,13-17,23,30H,10-12H2,1H3,(H2,26,31)/t17-,23+/m0/s1. The molecular weight excluding hydrogens is 436 g/mol. The van der Waals surface area contributed by atoms with E-state index in [2.05, 4.69) is 22.5 Å². The van der Waals surface area contributed by atoms with Crippen molar-refractivity contribution >= 4 is 17.2 Å². The molecule has 8 heteroatoms. The monoisotopic (exact) mass is 462 g/mol. The normalized spacial score (nSPS) is 12.9. The van der Waals surface area contributed by atoms with Gasteiger partial charge in [-0.25, -0.2) is 9.97 Å². The van der Waals surface area contributed by atoms with Gasteiger partial charge in [0.15, 0.2) is 0 Å². The Kier molecular flexibility index (Phi) is 7.16. The smallest absolute Gasteiger partial charge is 0.268 e. The number of carbonyl (C=O) groups excluding carboxylic acids is 1. The second kappa shape index (κ2) is 10.4. The Hall–Kier alpha value is -3.49. The van der Waals surface area contributed by atoms with E-state index in [1.54, 1.807) is 29.0 Å². The molecule has 2 aromatic carbocycles. The van der Waals surface area contributed by atoms with Gasteiger partial charge in [0.25, 0.3) is 5.91 Å². The first kappa shape index (κ1) is 22.7. The van der Waals surface area contributed by atoms with Gasteiger partial charge in [0, 0.05) is 30.0 Å². The number of amides is 1. The van der Waals surface area contributed by atoms with Crippen LogP contribution in [0.2, 0.25) is 0 Å². The van der Waals surface area contributed by atoms with E-state index in [9.17, 15) is 9.90 Å². The quantitative estimate of drug-likeness (QED) is 0.370. The van der Waals surface area contributed by atoms with E-state index < -0.39 is 12.0 Å². The fraction of sp³-hybridized carbons (Fsp3) is 0.240. The molecule has 0 aliphatic carbocycles. The zero-order valence-electron chi connectivity index (χ0n) is 18.3. The number of carbonyl (C=O) groups is 1. The number of nitrogens with two attached hydrogens (primary N) is 1. The average molecular weight is 463 g/mol. The van der Waals surface area contributed by atoms with Crippen molar-refractivity contribution in [1.29, 1.82) is 0 Å². The lowest BCUT2D eigenvalue weighted by atomic mass is 10.1. The van der Waals surface area contributed by atoms with Crippen molar-refractivity contribution in [2.75, 3.05) is 6.61 Å². The van der Waals surface area contributed by atoms with Crippen molar-refractivity contribution in [2.24, 2.45) is 5.73 Å². The van der Waals surface area contributed by atoms with Crippen LogP contribution in [0.15, 0.2) is 72.5 Å². The van der Waals surface area contributed by atoms with Gasteiger partial charge in [-0.2, -0.15) is 0 Å². The number of ether oxygens (including phenoxy) is 1. The zero-order chi connectivity index (χ0) is 23.2. The fourth-order valence-electron chi connectivity index (χ4n) is 3.62. The number of nitrogens with zero attached hydrogens (tertiary/aromatic N) is 3. The van der Waals surface area contributed by atoms with Gasteiger partial charge in [-0.3, -0.25) is 4.79 Å². The van der Waals surface area contributed by atoms with Crippen LogP contribution in [0.3, 0.4) is 0 Å². The van der Waals surface area contributed by atoms with Gasteiger partial charge >= 0.3 is 0 Å². The van der Waals surface area contributed by atoms with Crippen LogP contribution >= 0.6 is 11.3 Å². The van der Waals surface area contributed by atoms with E-state index in [4.69, 9.17) is 15.5 Å². The lowest BCUT2D eigenvalue weighted by Crippen LogP contribution is -2.23. The maximum Gasteiger partial charge on any atom is 0.268 e. The number of primary amides is 1. The Morgan fingerprint density at radius 2 is 2.03 bits per heavy atom. The van der Waals surface area contributed by atoms with E-state index >= 15 is 0 Å². The van der Waals surface area contributed by atoms with Crippen LogP contribution in [0, 0.1) is 0 Å². The molecular formula is C25H26N4O3S. The molecule has 3 N–H and O–H groups in total. The molecule has 0 aliphatic heterocycles. The molecule has 4 aromatic rings.